The first-order valence-corrected chi connectivity index (χ1v) is 17.8. The number of carbonyl (C=O) groups excluding carboxylic acids is 4. The van der Waals surface area contributed by atoms with Gasteiger partial charge in [-0.05, 0) is 105 Å². The molecule has 0 atom stereocenters. The van der Waals surface area contributed by atoms with Crippen LogP contribution in [0.15, 0.2) is 58.4 Å². The van der Waals surface area contributed by atoms with Crippen molar-refractivity contribution >= 4 is 73.1 Å². The van der Waals surface area contributed by atoms with E-state index < -0.39 is 29.6 Å². The van der Waals surface area contributed by atoms with E-state index in [1.807, 2.05) is 37.3 Å². The van der Waals surface area contributed by atoms with Crippen molar-refractivity contribution in [2.24, 2.45) is 0 Å². The number of esters is 1. The number of carbonyl (C=O) groups is 4. The van der Waals surface area contributed by atoms with E-state index in [9.17, 15) is 19.2 Å². The number of aryl methyl sites for hydroxylation is 1. The number of thiophene rings is 1. The Bertz CT molecular complexity index is 1730. The quantitative estimate of drug-likeness (QED) is 0.107. The highest BCUT2D eigenvalue weighted by Gasteiger charge is 2.37. The number of fused-ring (bicyclic) bond motifs is 1. The number of anilines is 1. The first-order chi connectivity index (χ1) is 22.7. The summed E-state index contributed by atoms with van der Waals surface area (Å²) in [5.74, 6) is -0.552. The van der Waals surface area contributed by atoms with Crippen LogP contribution in [0, 0.1) is 0 Å². The van der Waals surface area contributed by atoms with Gasteiger partial charge >= 0.3 is 5.97 Å². The number of hydrogen-bond acceptors (Lipinski definition) is 9. The van der Waals surface area contributed by atoms with E-state index in [0.29, 0.717) is 47.3 Å². The van der Waals surface area contributed by atoms with E-state index in [2.05, 4.69) is 27.8 Å². The zero-order valence-corrected chi connectivity index (χ0v) is 29.4. The number of hydrogen-bond donors (Lipinski definition) is 1. The molecule has 47 heavy (non-hydrogen) atoms. The van der Waals surface area contributed by atoms with Gasteiger partial charge in [0.1, 0.15) is 18.2 Å². The van der Waals surface area contributed by atoms with Crippen LogP contribution < -0.4 is 14.8 Å². The predicted octanol–water partition coefficient (Wildman–Crippen LogP) is 7.95. The summed E-state index contributed by atoms with van der Waals surface area (Å²) in [5, 5.41) is 2.61. The van der Waals surface area contributed by atoms with Crippen LogP contribution in [-0.2, 0) is 40.2 Å². The molecular formula is C35H35BrN2O7S2. The van der Waals surface area contributed by atoms with Crippen LogP contribution in [-0.4, -0.2) is 47.7 Å². The molecule has 246 valence electrons. The Balaban J connectivity index is 1.34. The van der Waals surface area contributed by atoms with Crippen LogP contribution in [0.2, 0.25) is 0 Å². The van der Waals surface area contributed by atoms with Crippen molar-refractivity contribution in [3.63, 3.8) is 0 Å². The molecule has 1 aliphatic carbocycles. The van der Waals surface area contributed by atoms with Gasteiger partial charge < -0.3 is 19.5 Å². The smallest absolute Gasteiger partial charge is 0.341 e. The topological polar surface area (TPSA) is 111 Å². The lowest BCUT2D eigenvalue weighted by Crippen LogP contribution is -2.36. The van der Waals surface area contributed by atoms with Gasteiger partial charge in [-0.1, -0.05) is 34.1 Å². The lowest BCUT2D eigenvalue weighted by atomic mass is 9.95. The van der Waals surface area contributed by atoms with E-state index in [1.54, 1.807) is 25.1 Å². The fraction of sp³-hybridized carbons (Fsp3) is 0.314. The summed E-state index contributed by atoms with van der Waals surface area (Å²) in [5.41, 5.74) is 3.72. The minimum atomic E-state index is -0.579. The maximum absolute atomic E-state index is 13.4. The van der Waals surface area contributed by atoms with E-state index in [0.717, 1.165) is 68.4 Å². The Morgan fingerprint density at radius 1 is 1.06 bits per heavy atom. The van der Waals surface area contributed by atoms with Gasteiger partial charge in [0, 0.05) is 14.9 Å². The van der Waals surface area contributed by atoms with E-state index in [4.69, 9.17) is 14.2 Å². The van der Waals surface area contributed by atoms with Gasteiger partial charge in [0.05, 0.1) is 23.7 Å². The van der Waals surface area contributed by atoms with Gasteiger partial charge in [0.25, 0.3) is 11.1 Å². The molecule has 2 aliphatic rings. The van der Waals surface area contributed by atoms with Crippen molar-refractivity contribution in [1.82, 2.24) is 4.90 Å². The molecule has 3 amide bonds. The Morgan fingerprint density at radius 2 is 1.83 bits per heavy atom. The summed E-state index contributed by atoms with van der Waals surface area (Å²) in [6.07, 6.45) is 7.38. The van der Waals surface area contributed by atoms with Crippen molar-refractivity contribution in [1.29, 1.82) is 0 Å². The first kappa shape index (κ1) is 34.5. The average Bonchev–Trinajstić information content (AvgIpc) is 3.53. The molecule has 1 aromatic heterocycles. The van der Waals surface area contributed by atoms with Crippen molar-refractivity contribution in [2.45, 2.75) is 52.6 Å². The summed E-state index contributed by atoms with van der Waals surface area (Å²) >= 11 is 5.56. The second-order valence-corrected chi connectivity index (χ2v) is 13.8. The van der Waals surface area contributed by atoms with Crippen molar-refractivity contribution in [2.75, 3.05) is 25.1 Å². The van der Waals surface area contributed by atoms with Gasteiger partial charge in [0.15, 0.2) is 11.5 Å². The number of imide groups is 1. The lowest BCUT2D eigenvalue weighted by Gasteiger charge is -2.17. The van der Waals surface area contributed by atoms with Crippen LogP contribution in [0.4, 0.5) is 9.80 Å². The molecule has 2 aromatic carbocycles. The maximum Gasteiger partial charge on any atom is 0.341 e. The normalized spacial score (nSPS) is 15.0. The Kier molecular flexibility index (Phi) is 11.6. The molecule has 3 aromatic rings. The minimum Gasteiger partial charge on any atom is -0.490 e. The van der Waals surface area contributed by atoms with Crippen molar-refractivity contribution in [3.05, 3.63) is 91.1 Å². The fourth-order valence-electron chi connectivity index (χ4n) is 5.41. The molecule has 0 unspecified atom stereocenters. The third-order valence-corrected chi connectivity index (χ3v) is 10.1. The molecule has 0 radical (unpaired) electrons. The first-order valence-electron chi connectivity index (χ1n) is 15.4. The molecule has 1 N–H and O–H groups in total. The summed E-state index contributed by atoms with van der Waals surface area (Å²) in [6.45, 7) is 7.92. The summed E-state index contributed by atoms with van der Waals surface area (Å²) < 4.78 is 18.4. The number of nitrogens with zero attached hydrogens (tertiary/aromatic N) is 1. The third kappa shape index (κ3) is 8.17. The molecular weight excluding hydrogens is 704 g/mol. The maximum atomic E-state index is 13.4. The highest BCUT2D eigenvalue weighted by molar-refractivity contribution is 9.10. The van der Waals surface area contributed by atoms with E-state index in [1.165, 1.54) is 11.3 Å². The lowest BCUT2D eigenvalue weighted by molar-refractivity contribution is -0.127. The molecule has 0 spiro atoms. The average molecular weight is 740 g/mol. The molecule has 12 heteroatoms. The second kappa shape index (κ2) is 15.8. The van der Waals surface area contributed by atoms with Gasteiger partial charge in [-0.25, -0.2) is 4.79 Å². The number of rotatable bonds is 13. The summed E-state index contributed by atoms with van der Waals surface area (Å²) in [6, 6.07) is 11.5. The summed E-state index contributed by atoms with van der Waals surface area (Å²) in [4.78, 5) is 54.4. The van der Waals surface area contributed by atoms with Crippen LogP contribution in [0.1, 0.15) is 64.2 Å². The SMILES string of the molecule is C=CCc1cc(/C=C2/SC(=O)N(CC(=O)Nc3sc4c(c3C(=O)OCC)CCCC4)C2=O)cc(OCC)c1OCc1ccc(Br)cc1. The number of halogens is 1. The monoisotopic (exact) mass is 738 g/mol. The molecule has 5 rings (SSSR count). The van der Waals surface area contributed by atoms with Crippen LogP contribution >= 0.6 is 39.0 Å². The van der Waals surface area contributed by atoms with Gasteiger partial charge in [0.2, 0.25) is 5.91 Å². The Morgan fingerprint density at radius 3 is 2.55 bits per heavy atom. The highest BCUT2D eigenvalue weighted by Crippen LogP contribution is 2.40. The largest absolute Gasteiger partial charge is 0.490 e. The molecule has 2 heterocycles. The van der Waals surface area contributed by atoms with Gasteiger partial charge in [-0.2, -0.15) is 0 Å². The van der Waals surface area contributed by atoms with Gasteiger partial charge in [-0.3, -0.25) is 19.3 Å². The zero-order chi connectivity index (χ0) is 33.5. The standard InChI is InChI=1S/C35H35BrN2O7S2/c1-4-9-23-16-22(17-26(43-5-2)31(23)45-20-21-12-14-24(36)15-13-21)18-28-33(40)38(35(42)47-28)19-29(39)37-32-30(34(41)44-6-3)25-10-7-8-11-27(25)46-32/h4,12-18H,1,5-11,19-20H2,2-3H3,(H,37,39)/b28-18+. The zero-order valence-electron chi connectivity index (χ0n) is 26.2. The van der Waals surface area contributed by atoms with Crippen LogP contribution in [0.5, 0.6) is 11.5 Å². The highest BCUT2D eigenvalue weighted by atomic mass is 79.9. The predicted molar refractivity (Wildman–Crippen MR) is 188 cm³/mol. The Hall–Kier alpha value is -3.87. The second-order valence-electron chi connectivity index (χ2n) is 10.8. The molecule has 0 saturated carbocycles. The molecule has 0 bridgehead atoms. The number of thioether (sulfide) groups is 1. The van der Waals surface area contributed by atoms with Crippen LogP contribution in [0.25, 0.3) is 6.08 Å². The fourth-order valence-corrected chi connectivity index (χ4v) is 7.80. The molecule has 9 nitrogen and oxygen atoms in total. The number of allylic oxidation sites excluding steroid dienone is 1. The third-order valence-electron chi connectivity index (χ3n) is 7.49. The molecule has 1 fully saturated rings. The van der Waals surface area contributed by atoms with E-state index in [-0.39, 0.29) is 11.5 Å². The minimum absolute atomic E-state index is 0.178. The Labute approximate surface area is 290 Å². The van der Waals surface area contributed by atoms with E-state index >= 15 is 0 Å². The van der Waals surface area contributed by atoms with Gasteiger partial charge in [-0.15, -0.1) is 17.9 Å². The van der Waals surface area contributed by atoms with Crippen LogP contribution in [0.3, 0.4) is 0 Å². The van der Waals surface area contributed by atoms with Crippen molar-refractivity contribution in [3.8, 4) is 11.5 Å². The number of ether oxygens (including phenoxy) is 3. The molecule has 1 saturated heterocycles. The van der Waals surface area contributed by atoms with Crippen molar-refractivity contribution < 1.29 is 33.4 Å². The molecule has 1 aliphatic heterocycles. The number of benzene rings is 2. The number of nitrogens with one attached hydrogen (secondary N) is 1. The summed E-state index contributed by atoms with van der Waals surface area (Å²) in [7, 11) is 0. The number of amides is 3.